The fraction of sp³-hybridized carbons (Fsp3) is 0.591. The number of piperidine rings is 2. The Morgan fingerprint density at radius 3 is 2.59 bits per heavy atom. The van der Waals surface area contributed by atoms with Crippen LogP contribution in [0.25, 0.3) is 11.0 Å². The van der Waals surface area contributed by atoms with Crippen LogP contribution in [0.5, 0.6) is 0 Å². The molecule has 3 saturated heterocycles. The number of aromatic nitrogens is 2. The second kappa shape index (κ2) is 7.54. The summed E-state index contributed by atoms with van der Waals surface area (Å²) in [4.78, 5) is 26.6. The van der Waals surface area contributed by atoms with E-state index in [4.69, 9.17) is 9.72 Å². The molecule has 3 aliphatic rings. The average Bonchev–Trinajstić information content (AvgIpc) is 3.04. The summed E-state index contributed by atoms with van der Waals surface area (Å²) in [6, 6.07) is 7.89. The van der Waals surface area contributed by atoms with Gasteiger partial charge in [-0.25, -0.2) is 4.98 Å². The maximum atomic E-state index is 12.7. The Morgan fingerprint density at radius 1 is 1.10 bits per heavy atom. The number of ether oxygens (including phenoxy) is 1. The number of aliphatic hydroxyl groups is 1. The Morgan fingerprint density at radius 2 is 1.83 bits per heavy atom. The molecule has 154 valence electrons. The van der Waals surface area contributed by atoms with Crippen LogP contribution in [0.15, 0.2) is 30.5 Å². The number of hydrogen-bond acceptors (Lipinski definition) is 7. The maximum Gasteiger partial charge on any atom is 0.312 e. The van der Waals surface area contributed by atoms with E-state index in [1.165, 1.54) is 0 Å². The van der Waals surface area contributed by atoms with Crippen molar-refractivity contribution in [2.45, 2.75) is 44.3 Å². The molecule has 7 nitrogen and oxygen atoms in total. The van der Waals surface area contributed by atoms with Crippen LogP contribution in [0, 0.1) is 5.41 Å². The Kier molecular flexibility index (Phi) is 4.87. The zero-order valence-electron chi connectivity index (χ0n) is 16.7. The monoisotopic (exact) mass is 396 g/mol. The van der Waals surface area contributed by atoms with Gasteiger partial charge < -0.3 is 14.7 Å². The third-order valence-electron chi connectivity index (χ3n) is 6.82. The van der Waals surface area contributed by atoms with Crippen molar-refractivity contribution >= 4 is 22.8 Å². The quantitative estimate of drug-likeness (QED) is 0.795. The van der Waals surface area contributed by atoms with Gasteiger partial charge in [-0.05, 0) is 37.8 Å². The summed E-state index contributed by atoms with van der Waals surface area (Å²) in [5.41, 5.74) is 1.45. The average molecular weight is 396 g/mol. The third kappa shape index (κ3) is 3.69. The SMILES string of the molecule is O=C1OC(CN2CCC(O)CC2)CC12CCN(c1cnc3ccccc3n1)CC2. The van der Waals surface area contributed by atoms with E-state index in [0.29, 0.717) is 0 Å². The molecule has 5 rings (SSSR count). The fourth-order valence-electron chi connectivity index (χ4n) is 5.00. The van der Waals surface area contributed by atoms with Crippen LogP contribution in [0.1, 0.15) is 32.1 Å². The van der Waals surface area contributed by atoms with E-state index in [2.05, 4.69) is 14.8 Å². The first-order chi connectivity index (χ1) is 14.1. The second-order valence-electron chi connectivity index (χ2n) is 8.75. The van der Waals surface area contributed by atoms with E-state index in [-0.39, 0.29) is 23.6 Å². The molecule has 4 heterocycles. The lowest BCUT2D eigenvalue weighted by Gasteiger charge is -2.37. The van der Waals surface area contributed by atoms with E-state index in [1.807, 2.05) is 30.5 Å². The van der Waals surface area contributed by atoms with Crippen LogP contribution in [0.3, 0.4) is 0 Å². The molecule has 7 heteroatoms. The van der Waals surface area contributed by atoms with Crippen LogP contribution in [-0.4, -0.2) is 70.9 Å². The van der Waals surface area contributed by atoms with Gasteiger partial charge in [-0.15, -0.1) is 0 Å². The summed E-state index contributed by atoms with van der Waals surface area (Å²) >= 11 is 0. The lowest BCUT2D eigenvalue weighted by Crippen LogP contribution is -2.43. The van der Waals surface area contributed by atoms with Crippen molar-refractivity contribution in [3.05, 3.63) is 30.5 Å². The first-order valence-electron chi connectivity index (χ1n) is 10.7. The van der Waals surface area contributed by atoms with Crippen molar-refractivity contribution < 1.29 is 14.6 Å². The van der Waals surface area contributed by atoms with Crippen molar-refractivity contribution in [2.24, 2.45) is 5.41 Å². The number of likely N-dealkylation sites (tertiary alicyclic amines) is 1. The minimum atomic E-state index is -0.346. The van der Waals surface area contributed by atoms with Gasteiger partial charge in [0.15, 0.2) is 0 Å². The molecule has 1 aromatic heterocycles. The molecule has 1 aromatic carbocycles. The van der Waals surface area contributed by atoms with E-state index >= 15 is 0 Å². The molecule has 0 amide bonds. The van der Waals surface area contributed by atoms with Gasteiger partial charge in [-0.1, -0.05) is 12.1 Å². The molecule has 1 spiro atoms. The molecule has 0 radical (unpaired) electrons. The van der Waals surface area contributed by atoms with Crippen molar-refractivity contribution in [3.63, 3.8) is 0 Å². The molecule has 0 aliphatic carbocycles. The number of nitrogens with zero attached hydrogens (tertiary/aromatic N) is 4. The lowest BCUT2D eigenvalue weighted by molar-refractivity contribution is -0.150. The van der Waals surface area contributed by atoms with Gasteiger partial charge in [0.25, 0.3) is 0 Å². The highest BCUT2D eigenvalue weighted by molar-refractivity contribution is 5.80. The Labute approximate surface area is 170 Å². The van der Waals surface area contributed by atoms with Crippen molar-refractivity contribution in [1.82, 2.24) is 14.9 Å². The number of anilines is 1. The largest absolute Gasteiger partial charge is 0.461 e. The highest BCUT2D eigenvalue weighted by Crippen LogP contribution is 2.44. The first kappa shape index (κ1) is 18.8. The molecule has 0 saturated carbocycles. The summed E-state index contributed by atoms with van der Waals surface area (Å²) in [5, 5.41) is 9.68. The van der Waals surface area contributed by atoms with Gasteiger partial charge in [0, 0.05) is 39.1 Å². The number of para-hydroxylation sites is 2. The zero-order valence-corrected chi connectivity index (χ0v) is 16.7. The number of benzene rings is 1. The number of fused-ring (bicyclic) bond motifs is 1. The van der Waals surface area contributed by atoms with E-state index in [9.17, 15) is 9.90 Å². The summed E-state index contributed by atoms with van der Waals surface area (Å²) in [6.07, 6.45) is 5.67. The van der Waals surface area contributed by atoms with Gasteiger partial charge in [-0.3, -0.25) is 14.7 Å². The van der Waals surface area contributed by atoms with Crippen LogP contribution in [0.4, 0.5) is 5.82 Å². The van der Waals surface area contributed by atoms with Crippen molar-refractivity contribution in [1.29, 1.82) is 0 Å². The van der Waals surface area contributed by atoms with Gasteiger partial charge in [0.2, 0.25) is 0 Å². The minimum Gasteiger partial charge on any atom is -0.461 e. The van der Waals surface area contributed by atoms with Crippen LogP contribution >= 0.6 is 0 Å². The summed E-state index contributed by atoms with van der Waals surface area (Å²) in [6.45, 7) is 4.16. The molecule has 29 heavy (non-hydrogen) atoms. The standard InChI is InChI=1S/C22H28N4O3/c27-16-5-9-25(10-6-16)15-17-13-22(21(28)29-17)7-11-26(12-8-22)20-14-23-18-3-1-2-4-19(18)24-20/h1-4,14,16-17,27H,5-13,15H2. The number of carbonyl (C=O) groups is 1. The molecule has 3 aliphatic heterocycles. The van der Waals surface area contributed by atoms with Gasteiger partial charge in [-0.2, -0.15) is 0 Å². The van der Waals surface area contributed by atoms with Gasteiger partial charge in [0.1, 0.15) is 11.9 Å². The van der Waals surface area contributed by atoms with E-state index in [1.54, 1.807) is 0 Å². The maximum absolute atomic E-state index is 12.7. The molecule has 1 unspecified atom stereocenters. The lowest BCUT2D eigenvalue weighted by atomic mass is 9.76. The minimum absolute atomic E-state index is 0.0234. The predicted molar refractivity (Wildman–Crippen MR) is 110 cm³/mol. The van der Waals surface area contributed by atoms with E-state index in [0.717, 1.165) is 81.7 Å². The van der Waals surface area contributed by atoms with E-state index < -0.39 is 0 Å². The number of aliphatic hydroxyl groups excluding tert-OH is 1. The summed E-state index contributed by atoms with van der Waals surface area (Å²) in [7, 11) is 0. The van der Waals surface area contributed by atoms with Crippen molar-refractivity contribution in [2.75, 3.05) is 37.6 Å². The molecular weight excluding hydrogens is 368 g/mol. The summed E-state index contributed by atoms with van der Waals surface area (Å²) < 4.78 is 5.79. The Bertz CT molecular complexity index is 889. The zero-order chi connectivity index (χ0) is 19.8. The molecule has 3 fully saturated rings. The van der Waals surface area contributed by atoms with Gasteiger partial charge in [0.05, 0.1) is 28.7 Å². The Hall–Kier alpha value is -2.25. The Balaban J connectivity index is 1.21. The molecular formula is C22H28N4O3. The molecule has 2 aromatic rings. The van der Waals surface area contributed by atoms with Crippen molar-refractivity contribution in [3.8, 4) is 0 Å². The molecule has 1 N–H and O–H groups in total. The molecule has 1 atom stereocenters. The number of cyclic esters (lactones) is 1. The second-order valence-corrected chi connectivity index (χ2v) is 8.75. The fourth-order valence-corrected chi connectivity index (χ4v) is 5.00. The smallest absolute Gasteiger partial charge is 0.312 e. The van der Waals surface area contributed by atoms with Crippen LogP contribution < -0.4 is 4.90 Å². The number of esters is 1. The topological polar surface area (TPSA) is 78.8 Å². The normalized spacial score (nSPS) is 25.6. The third-order valence-corrected chi connectivity index (χ3v) is 6.82. The first-order valence-corrected chi connectivity index (χ1v) is 10.7. The highest BCUT2D eigenvalue weighted by atomic mass is 16.6. The number of hydrogen-bond donors (Lipinski definition) is 1. The number of rotatable bonds is 3. The van der Waals surface area contributed by atoms with Crippen LogP contribution in [-0.2, 0) is 9.53 Å². The predicted octanol–water partition coefficient (Wildman–Crippen LogP) is 1.99. The molecule has 0 bridgehead atoms. The van der Waals surface area contributed by atoms with Crippen LogP contribution in [0.2, 0.25) is 0 Å². The van der Waals surface area contributed by atoms with Gasteiger partial charge >= 0.3 is 5.97 Å². The number of carbonyl (C=O) groups excluding carboxylic acids is 1. The summed E-state index contributed by atoms with van der Waals surface area (Å²) in [5.74, 6) is 0.858. The highest BCUT2D eigenvalue weighted by Gasteiger charge is 2.50.